The maximum Gasteiger partial charge on any atom is 0.258 e. The van der Waals surface area contributed by atoms with Crippen molar-refractivity contribution in [2.75, 3.05) is 28.4 Å². The van der Waals surface area contributed by atoms with Crippen LogP contribution in [0.1, 0.15) is 11.1 Å². The highest BCUT2D eigenvalue weighted by molar-refractivity contribution is 5.31. The highest BCUT2D eigenvalue weighted by Gasteiger charge is 2.65. The van der Waals surface area contributed by atoms with Crippen molar-refractivity contribution < 1.29 is 28.4 Å². The van der Waals surface area contributed by atoms with Crippen LogP contribution >= 0.6 is 0 Å². The van der Waals surface area contributed by atoms with Gasteiger partial charge < -0.3 is 28.4 Å². The molecule has 1 saturated heterocycles. The molecule has 2 aromatic carbocycles. The third-order valence-corrected chi connectivity index (χ3v) is 4.57. The molecule has 4 atom stereocenters. The lowest BCUT2D eigenvalue weighted by Crippen LogP contribution is -2.64. The predicted octanol–water partition coefficient (Wildman–Crippen LogP) is 2.98. The summed E-state index contributed by atoms with van der Waals surface area (Å²) in [5, 5.41) is 0. The van der Waals surface area contributed by atoms with Gasteiger partial charge in [0.25, 0.3) is 11.6 Å². The first kappa shape index (κ1) is 19.0. The van der Waals surface area contributed by atoms with Gasteiger partial charge in [-0.3, -0.25) is 0 Å². The Bertz CT molecular complexity index is 632. The lowest BCUT2D eigenvalue weighted by molar-refractivity contribution is -0.524. The van der Waals surface area contributed by atoms with Crippen molar-refractivity contribution in [2.24, 2.45) is 0 Å². The number of hydrogen-bond donors (Lipinski definition) is 0. The van der Waals surface area contributed by atoms with Crippen LogP contribution in [0.25, 0.3) is 0 Å². The summed E-state index contributed by atoms with van der Waals surface area (Å²) in [6.45, 7) is 0. The van der Waals surface area contributed by atoms with E-state index in [1.807, 2.05) is 60.7 Å². The van der Waals surface area contributed by atoms with Gasteiger partial charge in [0, 0.05) is 39.6 Å². The normalized spacial score (nSPS) is 31.7. The molecule has 6 heteroatoms. The molecule has 0 saturated carbocycles. The van der Waals surface area contributed by atoms with Crippen LogP contribution in [0.3, 0.4) is 0 Å². The summed E-state index contributed by atoms with van der Waals surface area (Å²) in [4.78, 5) is 0. The van der Waals surface area contributed by atoms with E-state index < -0.39 is 24.2 Å². The van der Waals surface area contributed by atoms with Crippen molar-refractivity contribution in [2.45, 2.75) is 24.2 Å². The fraction of sp³-hybridized carbons (Fsp3) is 0.400. The Hall–Kier alpha value is -1.80. The quantitative estimate of drug-likeness (QED) is 0.789. The minimum absolute atomic E-state index is 0.727. The van der Waals surface area contributed by atoms with E-state index in [9.17, 15) is 0 Å². The molecule has 1 heterocycles. The summed E-state index contributed by atoms with van der Waals surface area (Å²) in [7, 11) is 6.14. The zero-order valence-corrected chi connectivity index (χ0v) is 15.4. The molecule has 0 spiro atoms. The van der Waals surface area contributed by atoms with E-state index in [1.165, 1.54) is 14.2 Å². The Labute approximate surface area is 153 Å². The molecule has 0 amide bonds. The highest BCUT2D eigenvalue weighted by atomic mass is 16.9. The lowest BCUT2D eigenvalue weighted by Gasteiger charge is -2.53. The molecule has 0 aromatic heterocycles. The fourth-order valence-electron chi connectivity index (χ4n) is 3.34. The second-order valence-electron chi connectivity index (χ2n) is 5.82. The largest absolute Gasteiger partial charge is 0.351 e. The first-order valence-electron chi connectivity index (χ1n) is 8.30. The lowest BCUT2D eigenvalue weighted by atomic mass is 9.89. The van der Waals surface area contributed by atoms with Gasteiger partial charge in [-0.1, -0.05) is 60.7 Å². The van der Waals surface area contributed by atoms with Crippen molar-refractivity contribution >= 4 is 0 Å². The standard InChI is InChI=1S/C20H24O6/c1-21-17-18(22-2)26-20(24-4,16-13-9-6-10-14-16)19(23-3,25-17)15-11-7-5-8-12-15/h5-14,17-18H,1-4H3. The minimum atomic E-state index is -1.42. The van der Waals surface area contributed by atoms with Crippen LogP contribution in [-0.2, 0) is 40.0 Å². The Morgan fingerprint density at radius 2 is 0.962 bits per heavy atom. The first-order chi connectivity index (χ1) is 12.7. The van der Waals surface area contributed by atoms with E-state index in [1.54, 1.807) is 14.2 Å². The zero-order chi connectivity index (χ0) is 18.6. The SMILES string of the molecule is COC1OC(OC)(c2ccccc2)C(OC)(c2ccccc2)OC1OC. The van der Waals surface area contributed by atoms with Crippen LogP contribution in [0.15, 0.2) is 60.7 Å². The third kappa shape index (κ3) is 2.85. The van der Waals surface area contributed by atoms with Crippen LogP contribution in [0.4, 0.5) is 0 Å². The van der Waals surface area contributed by atoms with Crippen LogP contribution in [0.2, 0.25) is 0 Å². The monoisotopic (exact) mass is 360 g/mol. The minimum Gasteiger partial charge on any atom is -0.351 e. The molecule has 26 heavy (non-hydrogen) atoms. The Kier molecular flexibility index (Phi) is 5.72. The van der Waals surface area contributed by atoms with Gasteiger partial charge >= 0.3 is 0 Å². The molecular weight excluding hydrogens is 336 g/mol. The maximum absolute atomic E-state index is 6.30. The molecule has 0 bridgehead atoms. The number of ether oxygens (including phenoxy) is 6. The van der Waals surface area contributed by atoms with Crippen molar-refractivity contribution in [1.29, 1.82) is 0 Å². The van der Waals surface area contributed by atoms with Gasteiger partial charge in [-0.2, -0.15) is 0 Å². The Morgan fingerprint density at radius 3 is 1.23 bits per heavy atom. The summed E-state index contributed by atoms with van der Waals surface area (Å²) < 4.78 is 35.4. The first-order valence-corrected chi connectivity index (χ1v) is 8.30. The van der Waals surface area contributed by atoms with Gasteiger partial charge in [-0.15, -0.1) is 0 Å². The molecule has 1 fully saturated rings. The fourth-order valence-corrected chi connectivity index (χ4v) is 3.34. The second kappa shape index (κ2) is 7.84. The molecule has 0 N–H and O–H groups in total. The molecule has 0 aliphatic carbocycles. The van der Waals surface area contributed by atoms with Crippen molar-refractivity contribution in [3.8, 4) is 0 Å². The van der Waals surface area contributed by atoms with Gasteiger partial charge in [-0.25, -0.2) is 0 Å². The van der Waals surface area contributed by atoms with E-state index in [0.29, 0.717) is 0 Å². The van der Waals surface area contributed by atoms with Gasteiger partial charge in [0.15, 0.2) is 0 Å². The van der Waals surface area contributed by atoms with Crippen LogP contribution in [-0.4, -0.2) is 41.0 Å². The van der Waals surface area contributed by atoms with Gasteiger partial charge in [0.05, 0.1) is 0 Å². The Morgan fingerprint density at radius 1 is 0.615 bits per heavy atom. The average Bonchev–Trinajstić information content (AvgIpc) is 2.73. The van der Waals surface area contributed by atoms with Crippen LogP contribution < -0.4 is 0 Å². The Balaban J connectivity index is 2.25. The van der Waals surface area contributed by atoms with Crippen LogP contribution in [0.5, 0.6) is 0 Å². The number of hydrogen-bond acceptors (Lipinski definition) is 6. The third-order valence-electron chi connectivity index (χ3n) is 4.57. The van der Waals surface area contributed by atoms with Crippen LogP contribution in [0, 0.1) is 0 Å². The van der Waals surface area contributed by atoms with Crippen molar-refractivity contribution in [1.82, 2.24) is 0 Å². The van der Waals surface area contributed by atoms with Gasteiger partial charge in [0.2, 0.25) is 12.6 Å². The van der Waals surface area contributed by atoms with E-state index >= 15 is 0 Å². The van der Waals surface area contributed by atoms with E-state index in [2.05, 4.69) is 0 Å². The average molecular weight is 360 g/mol. The molecule has 3 rings (SSSR count). The highest BCUT2D eigenvalue weighted by Crippen LogP contribution is 2.52. The van der Waals surface area contributed by atoms with Gasteiger partial charge in [-0.05, 0) is 0 Å². The van der Waals surface area contributed by atoms with Crippen molar-refractivity contribution in [3.05, 3.63) is 71.8 Å². The molecule has 0 radical (unpaired) electrons. The zero-order valence-electron chi connectivity index (χ0n) is 15.4. The molecule has 1 aliphatic heterocycles. The van der Waals surface area contributed by atoms with E-state index in [4.69, 9.17) is 28.4 Å². The summed E-state index contributed by atoms with van der Waals surface area (Å²) in [5.41, 5.74) is 1.45. The van der Waals surface area contributed by atoms with Gasteiger partial charge in [0.1, 0.15) is 0 Å². The van der Waals surface area contributed by atoms with E-state index in [0.717, 1.165) is 11.1 Å². The topological polar surface area (TPSA) is 55.4 Å². The molecule has 6 nitrogen and oxygen atoms in total. The summed E-state index contributed by atoms with van der Waals surface area (Å²) in [6.07, 6.45) is -1.63. The summed E-state index contributed by atoms with van der Waals surface area (Å²) >= 11 is 0. The number of rotatable bonds is 6. The number of methoxy groups -OCH3 is 4. The number of benzene rings is 2. The second-order valence-corrected chi connectivity index (χ2v) is 5.82. The molecule has 2 aromatic rings. The molecule has 1 aliphatic rings. The molecular formula is C20H24O6. The molecule has 140 valence electrons. The summed E-state index contributed by atoms with van der Waals surface area (Å²) in [5.74, 6) is -2.83. The molecule has 4 unspecified atom stereocenters. The smallest absolute Gasteiger partial charge is 0.258 e. The summed E-state index contributed by atoms with van der Waals surface area (Å²) in [6, 6.07) is 19.0. The van der Waals surface area contributed by atoms with Crippen molar-refractivity contribution in [3.63, 3.8) is 0 Å². The van der Waals surface area contributed by atoms with E-state index in [-0.39, 0.29) is 0 Å². The predicted molar refractivity (Wildman–Crippen MR) is 94.0 cm³/mol. The maximum atomic E-state index is 6.30.